The van der Waals surface area contributed by atoms with Crippen LogP contribution in [0.5, 0.6) is 5.75 Å². The van der Waals surface area contributed by atoms with Crippen LogP contribution in [0.15, 0.2) is 59.6 Å². The van der Waals surface area contributed by atoms with Crippen LogP contribution in [0.2, 0.25) is 0 Å². The normalized spacial score (nSPS) is 13.7. The van der Waals surface area contributed by atoms with Crippen molar-refractivity contribution in [1.82, 2.24) is 14.7 Å². The molecule has 0 amide bonds. The maximum atomic E-state index is 12.4. The molecule has 0 radical (unpaired) electrons. The number of fused-ring (bicyclic) bond motifs is 1. The van der Waals surface area contributed by atoms with Gasteiger partial charge in [0.05, 0.1) is 4.90 Å². The van der Waals surface area contributed by atoms with Crippen molar-refractivity contribution in [2.24, 2.45) is 5.92 Å². The van der Waals surface area contributed by atoms with Crippen LogP contribution in [0.3, 0.4) is 0 Å². The van der Waals surface area contributed by atoms with Crippen LogP contribution < -0.4 is 14.9 Å². The summed E-state index contributed by atoms with van der Waals surface area (Å²) < 4.78 is 27.5. The van der Waals surface area contributed by atoms with Crippen molar-refractivity contribution in [2.75, 3.05) is 23.3 Å². The number of nitrogens with one attached hydrogen (secondary N) is 2. The Bertz CT molecular complexity index is 1210. The zero-order valence-electron chi connectivity index (χ0n) is 18.8. The summed E-state index contributed by atoms with van der Waals surface area (Å²) >= 11 is 0. The fourth-order valence-electron chi connectivity index (χ4n) is 3.79. The number of phenolic OH excluding ortho intramolecular Hbond substituents is 1. The van der Waals surface area contributed by atoms with Crippen LogP contribution in [-0.2, 0) is 16.4 Å². The molecule has 1 aliphatic heterocycles. The minimum atomic E-state index is -3.53. The van der Waals surface area contributed by atoms with Gasteiger partial charge < -0.3 is 15.3 Å². The molecule has 174 valence electrons. The van der Waals surface area contributed by atoms with Gasteiger partial charge in [-0.05, 0) is 79.3 Å². The number of phenols is 1. The van der Waals surface area contributed by atoms with Crippen LogP contribution in [0, 0.1) is 5.92 Å². The van der Waals surface area contributed by atoms with Crippen molar-refractivity contribution in [3.63, 3.8) is 0 Å². The van der Waals surface area contributed by atoms with Crippen LogP contribution in [0.1, 0.15) is 32.3 Å². The number of sulfonamides is 1. The van der Waals surface area contributed by atoms with Crippen LogP contribution in [0.4, 0.5) is 23.1 Å². The molecule has 1 aromatic heterocycles. The van der Waals surface area contributed by atoms with E-state index < -0.39 is 10.0 Å². The second-order valence-corrected chi connectivity index (χ2v) is 10.3. The number of aryl methyl sites for hydroxylation is 1. The van der Waals surface area contributed by atoms with E-state index in [9.17, 15) is 13.5 Å². The highest BCUT2D eigenvalue weighted by atomic mass is 32.2. The topological polar surface area (TPSA) is 107 Å². The van der Waals surface area contributed by atoms with Crippen molar-refractivity contribution < 1.29 is 13.5 Å². The molecule has 8 nitrogen and oxygen atoms in total. The SMILES string of the molecule is CC(C)CCNS(=O)(=O)c1ccc(Nc2nccc(N3CCCc4cc(O)ccc43)n2)cc1. The quantitative estimate of drug-likeness (QED) is 0.452. The Kier molecular flexibility index (Phi) is 6.80. The third-order valence-corrected chi connectivity index (χ3v) is 7.01. The smallest absolute Gasteiger partial charge is 0.240 e. The maximum absolute atomic E-state index is 12.4. The predicted molar refractivity (Wildman–Crippen MR) is 130 cm³/mol. The van der Waals surface area contributed by atoms with E-state index in [-0.39, 0.29) is 10.6 Å². The molecular weight excluding hydrogens is 438 g/mol. The lowest BCUT2D eigenvalue weighted by Crippen LogP contribution is -2.25. The highest BCUT2D eigenvalue weighted by Crippen LogP contribution is 2.34. The Hall–Kier alpha value is -3.17. The molecule has 0 spiro atoms. The van der Waals surface area contributed by atoms with E-state index in [1.807, 2.05) is 12.1 Å². The van der Waals surface area contributed by atoms with Crippen molar-refractivity contribution in [3.8, 4) is 5.75 Å². The molecule has 1 aliphatic rings. The lowest BCUT2D eigenvalue weighted by atomic mass is 10.0. The van der Waals surface area contributed by atoms with Crippen molar-refractivity contribution in [1.29, 1.82) is 0 Å². The Morgan fingerprint density at radius 3 is 2.67 bits per heavy atom. The molecule has 0 saturated carbocycles. The summed E-state index contributed by atoms with van der Waals surface area (Å²) in [4.78, 5) is 11.3. The van der Waals surface area contributed by atoms with Gasteiger partial charge in [0.15, 0.2) is 0 Å². The fourth-order valence-corrected chi connectivity index (χ4v) is 4.84. The number of hydrogen-bond acceptors (Lipinski definition) is 7. The van der Waals surface area contributed by atoms with Crippen molar-refractivity contribution in [2.45, 2.75) is 38.0 Å². The number of hydrogen-bond donors (Lipinski definition) is 3. The third kappa shape index (κ3) is 5.61. The van der Waals surface area contributed by atoms with Gasteiger partial charge in [0.25, 0.3) is 0 Å². The summed E-state index contributed by atoms with van der Waals surface area (Å²) in [6.07, 6.45) is 4.36. The standard InChI is InChI=1S/C24H29N5O3S/c1-17(2)11-14-26-33(31,32)21-8-5-19(6-9-21)27-24-25-13-12-23(28-24)29-15-3-4-18-16-20(30)7-10-22(18)29/h5-10,12-13,16-17,26,30H,3-4,11,14-15H2,1-2H3,(H,25,27,28). The Balaban J connectivity index is 1.47. The van der Waals surface area contributed by atoms with Gasteiger partial charge in [0, 0.05) is 30.7 Å². The van der Waals surface area contributed by atoms with Crippen LogP contribution in [0.25, 0.3) is 0 Å². The van der Waals surface area contributed by atoms with Gasteiger partial charge >= 0.3 is 0 Å². The minimum Gasteiger partial charge on any atom is -0.508 e. The average Bonchev–Trinajstić information content (AvgIpc) is 2.78. The summed E-state index contributed by atoms with van der Waals surface area (Å²) in [6.45, 7) is 5.35. The number of nitrogens with zero attached hydrogens (tertiary/aromatic N) is 3. The van der Waals surface area contributed by atoms with Gasteiger partial charge in [-0.3, -0.25) is 0 Å². The summed E-state index contributed by atoms with van der Waals surface area (Å²) in [6, 6.07) is 13.8. The lowest BCUT2D eigenvalue weighted by Gasteiger charge is -2.30. The average molecular weight is 468 g/mol. The molecule has 3 N–H and O–H groups in total. The molecule has 0 unspecified atom stereocenters. The second-order valence-electron chi connectivity index (χ2n) is 8.54. The molecule has 0 fully saturated rings. The molecule has 0 aliphatic carbocycles. The molecule has 33 heavy (non-hydrogen) atoms. The van der Waals surface area contributed by atoms with E-state index in [1.54, 1.807) is 42.6 Å². The van der Waals surface area contributed by atoms with E-state index in [4.69, 9.17) is 0 Å². The van der Waals surface area contributed by atoms with Crippen LogP contribution >= 0.6 is 0 Å². The molecule has 0 bridgehead atoms. The summed E-state index contributed by atoms with van der Waals surface area (Å²) in [5.41, 5.74) is 2.81. The molecule has 3 aromatic rings. The van der Waals surface area contributed by atoms with E-state index in [1.165, 1.54) is 0 Å². The van der Waals surface area contributed by atoms with Gasteiger partial charge in [-0.15, -0.1) is 0 Å². The molecule has 2 aromatic carbocycles. The molecule has 2 heterocycles. The lowest BCUT2D eigenvalue weighted by molar-refractivity contribution is 0.474. The van der Waals surface area contributed by atoms with Crippen molar-refractivity contribution >= 4 is 33.2 Å². The third-order valence-electron chi connectivity index (χ3n) is 5.53. The summed E-state index contributed by atoms with van der Waals surface area (Å²) in [5, 5.41) is 12.9. The first-order valence-corrected chi connectivity index (χ1v) is 12.6. The predicted octanol–water partition coefficient (Wildman–Crippen LogP) is 4.33. The monoisotopic (exact) mass is 467 g/mol. The first-order valence-electron chi connectivity index (χ1n) is 11.1. The van der Waals surface area contributed by atoms with Gasteiger partial charge in [-0.2, -0.15) is 4.98 Å². The molecule has 0 atom stereocenters. The molecule has 4 rings (SSSR count). The van der Waals surface area contributed by atoms with Gasteiger partial charge in [-0.1, -0.05) is 13.8 Å². The number of anilines is 4. The molecule has 9 heteroatoms. The Morgan fingerprint density at radius 2 is 1.91 bits per heavy atom. The maximum Gasteiger partial charge on any atom is 0.240 e. The number of benzene rings is 2. The first-order chi connectivity index (χ1) is 15.8. The number of aromatic nitrogens is 2. The van der Waals surface area contributed by atoms with E-state index in [2.05, 4.69) is 38.8 Å². The van der Waals surface area contributed by atoms with E-state index in [0.717, 1.165) is 42.9 Å². The van der Waals surface area contributed by atoms with Gasteiger partial charge in [0.1, 0.15) is 11.6 Å². The van der Waals surface area contributed by atoms with E-state index >= 15 is 0 Å². The van der Waals surface area contributed by atoms with Gasteiger partial charge in [0.2, 0.25) is 16.0 Å². The minimum absolute atomic E-state index is 0.222. The number of aromatic hydroxyl groups is 1. The van der Waals surface area contributed by atoms with Crippen molar-refractivity contribution in [3.05, 3.63) is 60.3 Å². The Labute approximate surface area is 194 Å². The molecular formula is C24H29N5O3S. The zero-order valence-corrected chi connectivity index (χ0v) is 19.6. The second kappa shape index (κ2) is 9.76. The van der Waals surface area contributed by atoms with E-state index in [0.29, 0.717) is 24.1 Å². The first kappa shape index (κ1) is 23.0. The summed E-state index contributed by atoms with van der Waals surface area (Å²) in [7, 11) is -3.53. The zero-order chi connectivity index (χ0) is 23.4. The van der Waals surface area contributed by atoms with Crippen LogP contribution in [-0.4, -0.2) is 36.6 Å². The fraction of sp³-hybridized carbons (Fsp3) is 0.333. The Morgan fingerprint density at radius 1 is 1.12 bits per heavy atom. The highest BCUT2D eigenvalue weighted by molar-refractivity contribution is 7.89. The molecule has 0 saturated heterocycles. The highest BCUT2D eigenvalue weighted by Gasteiger charge is 2.20. The largest absolute Gasteiger partial charge is 0.508 e. The number of rotatable bonds is 8. The summed E-state index contributed by atoms with van der Waals surface area (Å²) in [5.74, 6) is 1.87. The van der Waals surface area contributed by atoms with Gasteiger partial charge in [-0.25, -0.2) is 18.1 Å².